The van der Waals surface area contributed by atoms with E-state index in [1.807, 2.05) is 0 Å². The van der Waals surface area contributed by atoms with Crippen molar-refractivity contribution in [2.45, 2.75) is 24.9 Å². The van der Waals surface area contributed by atoms with E-state index in [4.69, 9.17) is 24.2 Å². The summed E-state index contributed by atoms with van der Waals surface area (Å²) in [7, 11) is 0. The van der Waals surface area contributed by atoms with Gasteiger partial charge >= 0.3 is 17.9 Å². The van der Waals surface area contributed by atoms with Crippen molar-refractivity contribution in [2.24, 2.45) is 0 Å². The molecule has 25 heavy (non-hydrogen) atoms. The van der Waals surface area contributed by atoms with E-state index in [1.165, 1.54) is 0 Å². The minimum absolute atomic E-state index is 0.0582. The maximum atomic E-state index is 11.1. The highest BCUT2D eigenvalue weighted by atomic mass is 16.5. The number of nitriles is 1. The summed E-state index contributed by atoms with van der Waals surface area (Å²) in [6, 6.07) is 0. The number of hydrogen-bond acceptors (Lipinski definition) is 8. The van der Waals surface area contributed by atoms with Gasteiger partial charge in [-0.25, -0.2) is 14.4 Å². The van der Waals surface area contributed by atoms with Gasteiger partial charge in [0.25, 0.3) is 6.26 Å². The molecule has 0 spiro atoms. The average molecular weight is 351 g/mol. The third kappa shape index (κ3) is 9.61. The molecule has 0 atom stereocenters. The number of carbonyl (C=O) groups excluding carboxylic acids is 3. The summed E-state index contributed by atoms with van der Waals surface area (Å²) in [6.07, 6.45) is 4.96. The molecular formula is C17H21NO7. The molecule has 0 rings (SSSR count). The molecule has 0 aromatic rings. The molecule has 0 aliphatic carbocycles. The number of ether oxygens (including phenoxy) is 4. The molecule has 0 fully saturated rings. The number of nitrogens with zero attached hydrogens (tertiary/aromatic N) is 1. The van der Waals surface area contributed by atoms with Crippen molar-refractivity contribution in [3.05, 3.63) is 38.0 Å². The van der Waals surface area contributed by atoms with Crippen molar-refractivity contribution >= 4 is 17.9 Å². The van der Waals surface area contributed by atoms with Gasteiger partial charge in [0.1, 0.15) is 5.60 Å². The first-order chi connectivity index (χ1) is 11.9. The Bertz CT molecular complexity index is 483. The van der Waals surface area contributed by atoms with Gasteiger partial charge in [-0.2, -0.15) is 5.26 Å². The first kappa shape index (κ1) is 21.9. The maximum Gasteiger partial charge on any atom is 0.330 e. The number of carbonyl (C=O) groups is 3. The monoisotopic (exact) mass is 351 g/mol. The van der Waals surface area contributed by atoms with Crippen molar-refractivity contribution in [3.63, 3.8) is 0 Å². The van der Waals surface area contributed by atoms with E-state index in [0.29, 0.717) is 0 Å². The number of rotatable bonds is 13. The van der Waals surface area contributed by atoms with E-state index >= 15 is 0 Å². The van der Waals surface area contributed by atoms with Crippen molar-refractivity contribution in [2.75, 3.05) is 19.8 Å². The predicted molar refractivity (Wildman–Crippen MR) is 86.7 cm³/mol. The van der Waals surface area contributed by atoms with Gasteiger partial charge in [-0.15, -0.1) is 0 Å². The zero-order chi connectivity index (χ0) is 19.1. The van der Waals surface area contributed by atoms with Gasteiger partial charge in [0.15, 0.2) is 0 Å². The van der Waals surface area contributed by atoms with Crippen LogP contribution in [-0.4, -0.2) is 43.3 Å². The molecule has 0 unspecified atom stereocenters. The van der Waals surface area contributed by atoms with Gasteiger partial charge in [-0.1, -0.05) is 19.7 Å². The third-order valence-electron chi connectivity index (χ3n) is 3.17. The Morgan fingerprint density at radius 3 is 1.36 bits per heavy atom. The summed E-state index contributed by atoms with van der Waals surface area (Å²) in [4.78, 5) is 33.4. The lowest BCUT2D eigenvalue weighted by Crippen LogP contribution is -2.36. The van der Waals surface area contributed by atoms with Crippen LogP contribution in [0.1, 0.15) is 19.3 Å². The molecule has 8 heteroatoms. The van der Waals surface area contributed by atoms with Gasteiger partial charge in [0.05, 0.1) is 19.8 Å². The smallest absolute Gasteiger partial charge is 0.330 e. The Kier molecular flexibility index (Phi) is 10.8. The lowest BCUT2D eigenvalue weighted by molar-refractivity contribution is -0.142. The standard InChI is InChI=1S/C17H21NO7/c1-4-14(19)22-10-7-17(25-13-18,8-11-23-15(20)5-2)9-12-24-16(21)6-3/h4-6H,1-3,7-12H2. The molecule has 0 N–H and O–H groups in total. The second-order valence-electron chi connectivity index (χ2n) is 4.74. The summed E-state index contributed by atoms with van der Waals surface area (Å²) in [5.74, 6) is -1.87. The Balaban J connectivity index is 4.91. The van der Waals surface area contributed by atoms with Crippen LogP contribution in [0.4, 0.5) is 0 Å². The Labute approximate surface area is 146 Å². The van der Waals surface area contributed by atoms with Gasteiger partial charge in [-0.3, -0.25) is 0 Å². The second kappa shape index (κ2) is 12.4. The fourth-order valence-corrected chi connectivity index (χ4v) is 1.81. The van der Waals surface area contributed by atoms with E-state index in [-0.39, 0.29) is 39.1 Å². The van der Waals surface area contributed by atoms with E-state index in [0.717, 1.165) is 18.2 Å². The topological polar surface area (TPSA) is 112 Å². The summed E-state index contributed by atoms with van der Waals surface area (Å²) in [5.41, 5.74) is -1.14. The Morgan fingerprint density at radius 1 is 0.800 bits per heavy atom. The molecule has 0 radical (unpaired) electrons. The first-order valence-corrected chi connectivity index (χ1v) is 7.37. The molecule has 8 nitrogen and oxygen atoms in total. The van der Waals surface area contributed by atoms with Crippen molar-refractivity contribution in [1.29, 1.82) is 5.26 Å². The summed E-state index contributed by atoms with van der Waals surface area (Å²) in [6.45, 7) is 9.66. The Hall–Kier alpha value is -3.08. The average Bonchev–Trinajstić information content (AvgIpc) is 2.61. The van der Waals surface area contributed by atoms with Crippen LogP contribution in [-0.2, 0) is 33.3 Å². The molecule has 0 aromatic carbocycles. The van der Waals surface area contributed by atoms with Gasteiger partial charge in [0.2, 0.25) is 0 Å². The molecule has 0 amide bonds. The van der Waals surface area contributed by atoms with E-state index in [1.54, 1.807) is 6.26 Å². The maximum absolute atomic E-state index is 11.1. The molecule has 0 saturated heterocycles. The largest absolute Gasteiger partial charge is 0.462 e. The SMILES string of the molecule is C=CC(=O)OCCC(CCOC(=O)C=C)(CCOC(=O)C=C)OC#N. The highest BCUT2D eigenvalue weighted by Crippen LogP contribution is 2.26. The van der Waals surface area contributed by atoms with Crippen LogP contribution in [0, 0.1) is 11.5 Å². The van der Waals surface area contributed by atoms with E-state index in [9.17, 15) is 14.4 Å². The number of esters is 3. The van der Waals surface area contributed by atoms with Crippen LogP contribution < -0.4 is 0 Å². The second-order valence-corrected chi connectivity index (χ2v) is 4.74. The molecule has 0 bridgehead atoms. The molecule has 0 aliphatic rings. The molecule has 0 saturated carbocycles. The lowest BCUT2D eigenvalue weighted by atomic mass is 9.92. The highest BCUT2D eigenvalue weighted by Gasteiger charge is 2.33. The van der Waals surface area contributed by atoms with E-state index < -0.39 is 23.5 Å². The Morgan fingerprint density at radius 2 is 1.12 bits per heavy atom. The lowest BCUT2D eigenvalue weighted by Gasteiger charge is -2.30. The van der Waals surface area contributed by atoms with Gasteiger partial charge in [0, 0.05) is 37.5 Å². The quantitative estimate of drug-likeness (QED) is 0.213. The molecule has 136 valence electrons. The van der Waals surface area contributed by atoms with E-state index in [2.05, 4.69) is 19.7 Å². The zero-order valence-electron chi connectivity index (χ0n) is 13.9. The van der Waals surface area contributed by atoms with Crippen LogP contribution in [0.15, 0.2) is 38.0 Å². The van der Waals surface area contributed by atoms with Crippen molar-refractivity contribution < 1.29 is 33.3 Å². The minimum atomic E-state index is -1.14. The van der Waals surface area contributed by atoms with Crippen LogP contribution >= 0.6 is 0 Å². The van der Waals surface area contributed by atoms with Crippen LogP contribution in [0.5, 0.6) is 0 Å². The fourth-order valence-electron chi connectivity index (χ4n) is 1.81. The highest BCUT2D eigenvalue weighted by molar-refractivity contribution is 5.81. The summed E-state index contributed by atoms with van der Waals surface area (Å²) < 4.78 is 19.8. The van der Waals surface area contributed by atoms with Crippen LogP contribution in [0.25, 0.3) is 0 Å². The van der Waals surface area contributed by atoms with Gasteiger partial charge < -0.3 is 18.9 Å². The van der Waals surface area contributed by atoms with Crippen LogP contribution in [0.2, 0.25) is 0 Å². The normalized spacial score (nSPS) is 9.88. The first-order valence-electron chi connectivity index (χ1n) is 7.37. The fraction of sp³-hybridized carbons (Fsp3) is 0.412. The third-order valence-corrected chi connectivity index (χ3v) is 3.17. The van der Waals surface area contributed by atoms with Crippen LogP contribution in [0.3, 0.4) is 0 Å². The molecule has 0 aliphatic heterocycles. The number of hydrogen-bond donors (Lipinski definition) is 0. The molecule has 0 aromatic heterocycles. The van der Waals surface area contributed by atoms with Crippen molar-refractivity contribution in [3.8, 4) is 6.26 Å². The molecule has 0 heterocycles. The predicted octanol–water partition coefficient (Wildman–Crippen LogP) is 1.58. The summed E-state index contributed by atoms with van der Waals surface area (Å²) >= 11 is 0. The van der Waals surface area contributed by atoms with Crippen molar-refractivity contribution in [1.82, 2.24) is 0 Å². The molecular weight excluding hydrogens is 330 g/mol. The summed E-state index contributed by atoms with van der Waals surface area (Å²) in [5, 5.41) is 8.92. The minimum Gasteiger partial charge on any atom is -0.462 e. The van der Waals surface area contributed by atoms with Gasteiger partial charge in [-0.05, 0) is 0 Å². The zero-order valence-corrected chi connectivity index (χ0v) is 13.9.